The van der Waals surface area contributed by atoms with Gasteiger partial charge >= 0.3 is 0 Å². The average Bonchev–Trinajstić information content (AvgIpc) is 2.24. The van der Waals surface area contributed by atoms with Crippen molar-refractivity contribution in [1.82, 2.24) is 0 Å². The third-order valence-corrected chi connectivity index (χ3v) is 2.93. The Morgan fingerprint density at radius 3 is 2.06 bits per heavy atom. The topological polar surface area (TPSA) is 20.2 Å². The highest BCUT2D eigenvalue weighted by molar-refractivity contribution is 5.23. The Morgan fingerprint density at radius 2 is 1.56 bits per heavy atom. The zero-order valence-corrected chi connectivity index (χ0v) is 9.47. The van der Waals surface area contributed by atoms with E-state index in [0.29, 0.717) is 0 Å². The molecule has 2 atom stereocenters. The lowest BCUT2D eigenvalue weighted by Crippen LogP contribution is -2.17. The van der Waals surface area contributed by atoms with Crippen molar-refractivity contribution in [1.29, 1.82) is 0 Å². The Labute approximate surface area is 92.9 Å². The van der Waals surface area contributed by atoms with Crippen LogP contribution in [0.5, 0.6) is 0 Å². The summed E-state index contributed by atoms with van der Waals surface area (Å²) < 4.78 is 39.0. The summed E-state index contributed by atoms with van der Waals surface area (Å²) in [6, 6.07) is 1.90. The van der Waals surface area contributed by atoms with Gasteiger partial charge in [0.15, 0.2) is 17.5 Å². The molecule has 0 heterocycles. The maximum Gasteiger partial charge on any atom is 0.194 e. The van der Waals surface area contributed by atoms with Crippen LogP contribution in [0, 0.1) is 29.3 Å². The average molecular weight is 232 g/mol. The Hall–Kier alpha value is -1.03. The van der Waals surface area contributed by atoms with Crippen molar-refractivity contribution in [2.45, 2.75) is 26.9 Å². The quantitative estimate of drug-likeness (QED) is 0.791. The Balaban J connectivity index is 3.10. The Morgan fingerprint density at radius 1 is 1.00 bits per heavy atom. The highest BCUT2D eigenvalue weighted by Crippen LogP contribution is 2.30. The third kappa shape index (κ3) is 2.38. The first kappa shape index (κ1) is 13.0. The first-order chi connectivity index (χ1) is 7.36. The summed E-state index contributed by atoms with van der Waals surface area (Å²) in [6.07, 6.45) is -1.13. The van der Waals surface area contributed by atoms with Crippen LogP contribution in [0.15, 0.2) is 12.1 Å². The van der Waals surface area contributed by atoms with E-state index >= 15 is 0 Å². The van der Waals surface area contributed by atoms with E-state index in [-0.39, 0.29) is 17.4 Å². The normalized spacial score (nSPS) is 15.2. The van der Waals surface area contributed by atoms with Crippen molar-refractivity contribution in [3.8, 4) is 0 Å². The summed E-state index contributed by atoms with van der Waals surface area (Å²) in [4.78, 5) is 0. The summed E-state index contributed by atoms with van der Waals surface area (Å²) >= 11 is 0. The van der Waals surface area contributed by atoms with Crippen LogP contribution in [0.3, 0.4) is 0 Å². The van der Waals surface area contributed by atoms with Crippen molar-refractivity contribution < 1.29 is 18.3 Å². The van der Waals surface area contributed by atoms with Crippen molar-refractivity contribution >= 4 is 0 Å². The van der Waals surface area contributed by atoms with Crippen molar-refractivity contribution in [2.75, 3.05) is 0 Å². The molecule has 0 spiro atoms. The first-order valence-corrected chi connectivity index (χ1v) is 5.17. The number of hydrogen-bond donors (Lipinski definition) is 1. The molecule has 4 heteroatoms. The highest BCUT2D eigenvalue weighted by atomic mass is 19.2. The maximum absolute atomic E-state index is 13.4. The molecule has 1 rings (SSSR count). The maximum atomic E-state index is 13.4. The Bertz CT molecular complexity index is 377. The van der Waals surface area contributed by atoms with Crippen LogP contribution >= 0.6 is 0 Å². The third-order valence-electron chi connectivity index (χ3n) is 2.93. The van der Waals surface area contributed by atoms with E-state index in [1.54, 1.807) is 6.92 Å². The second kappa shape index (κ2) is 4.87. The molecule has 0 bridgehead atoms. The molecule has 0 radical (unpaired) electrons. The molecule has 0 saturated heterocycles. The van der Waals surface area contributed by atoms with Crippen LogP contribution in [-0.4, -0.2) is 5.11 Å². The molecule has 90 valence electrons. The van der Waals surface area contributed by atoms with E-state index in [1.807, 2.05) is 13.8 Å². The second-order valence-electron chi connectivity index (χ2n) is 4.31. The largest absolute Gasteiger partial charge is 0.388 e. The minimum Gasteiger partial charge on any atom is -0.388 e. The van der Waals surface area contributed by atoms with Crippen molar-refractivity contribution in [2.24, 2.45) is 11.8 Å². The van der Waals surface area contributed by atoms with Crippen molar-refractivity contribution in [3.63, 3.8) is 0 Å². The van der Waals surface area contributed by atoms with E-state index < -0.39 is 23.6 Å². The van der Waals surface area contributed by atoms with Gasteiger partial charge in [0.1, 0.15) is 0 Å². The molecule has 1 N–H and O–H groups in total. The molecule has 0 aliphatic carbocycles. The second-order valence-corrected chi connectivity index (χ2v) is 4.31. The summed E-state index contributed by atoms with van der Waals surface area (Å²) in [6.45, 7) is 5.47. The predicted molar refractivity (Wildman–Crippen MR) is 55.3 cm³/mol. The lowest BCUT2D eigenvalue weighted by molar-refractivity contribution is 0.0877. The minimum atomic E-state index is -1.53. The summed E-state index contributed by atoms with van der Waals surface area (Å²) in [7, 11) is 0. The van der Waals surface area contributed by atoms with Crippen LogP contribution in [0.2, 0.25) is 0 Å². The number of rotatable bonds is 3. The molecular formula is C12H15F3O. The fraction of sp³-hybridized carbons (Fsp3) is 0.500. The van der Waals surface area contributed by atoms with Gasteiger partial charge in [0.05, 0.1) is 6.10 Å². The van der Waals surface area contributed by atoms with E-state index in [1.165, 1.54) is 0 Å². The van der Waals surface area contributed by atoms with Gasteiger partial charge in [-0.15, -0.1) is 0 Å². The first-order valence-electron chi connectivity index (χ1n) is 5.17. The number of hydrogen-bond acceptors (Lipinski definition) is 1. The fourth-order valence-electron chi connectivity index (χ4n) is 1.42. The van der Waals surface area contributed by atoms with Crippen LogP contribution in [0.25, 0.3) is 0 Å². The summed E-state index contributed by atoms with van der Waals surface area (Å²) in [5.74, 6) is -4.21. The predicted octanol–water partition coefficient (Wildman–Crippen LogP) is 3.43. The van der Waals surface area contributed by atoms with E-state index in [4.69, 9.17) is 0 Å². The molecule has 0 saturated carbocycles. The van der Waals surface area contributed by atoms with Crippen LogP contribution in [0.1, 0.15) is 32.4 Å². The number of aliphatic hydroxyl groups excluding tert-OH is 1. The zero-order chi connectivity index (χ0) is 12.5. The van der Waals surface area contributed by atoms with Gasteiger partial charge in [0, 0.05) is 5.56 Å². The van der Waals surface area contributed by atoms with Gasteiger partial charge < -0.3 is 5.11 Å². The number of benzene rings is 1. The molecule has 2 unspecified atom stereocenters. The molecule has 1 aromatic carbocycles. The molecule has 0 aliphatic heterocycles. The van der Waals surface area contributed by atoms with Crippen LogP contribution in [-0.2, 0) is 0 Å². The molecule has 16 heavy (non-hydrogen) atoms. The fourth-order valence-corrected chi connectivity index (χ4v) is 1.42. The molecule has 0 aromatic heterocycles. The SMILES string of the molecule is CC(C)C(C)C(O)c1ccc(F)c(F)c1F. The van der Waals surface area contributed by atoms with Gasteiger partial charge in [-0.05, 0) is 17.9 Å². The highest BCUT2D eigenvalue weighted by Gasteiger charge is 2.25. The lowest BCUT2D eigenvalue weighted by atomic mass is 9.88. The van der Waals surface area contributed by atoms with Crippen molar-refractivity contribution in [3.05, 3.63) is 35.1 Å². The van der Waals surface area contributed by atoms with Crippen LogP contribution < -0.4 is 0 Å². The lowest BCUT2D eigenvalue weighted by Gasteiger charge is -2.23. The van der Waals surface area contributed by atoms with E-state index in [0.717, 1.165) is 12.1 Å². The molecule has 0 aliphatic rings. The molecule has 0 fully saturated rings. The number of aliphatic hydroxyl groups is 1. The van der Waals surface area contributed by atoms with Gasteiger partial charge in [-0.1, -0.05) is 26.8 Å². The van der Waals surface area contributed by atoms with Gasteiger partial charge in [0.25, 0.3) is 0 Å². The minimum absolute atomic E-state index is 0.113. The molecule has 1 aromatic rings. The molecular weight excluding hydrogens is 217 g/mol. The summed E-state index contributed by atoms with van der Waals surface area (Å²) in [5, 5.41) is 9.83. The van der Waals surface area contributed by atoms with E-state index in [2.05, 4.69) is 0 Å². The monoisotopic (exact) mass is 232 g/mol. The smallest absolute Gasteiger partial charge is 0.194 e. The van der Waals surface area contributed by atoms with Gasteiger partial charge in [-0.3, -0.25) is 0 Å². The standard InChI is InChI=1S/C12H15F3O/c1-6(2)7(3)12(16)8-4-5-9(13)11(15)10(8)14/h4-7,12,16H,1-3H3. The Kier molecular flexibility index (Phi) is 3.97. The zero-order valence-electron chi connectivity index (χ0n) is 9.47. The van der Waals surface area contributed by atoms with Gasteiger partial charge in [-0.2, -0.15) is 0 Å². The van der Waals surface area contributed by atoms with Gasteiger partial charge in [0.2, 0.25) is 0 Å². The van der Waals surface area contributed by atoms with Crippen LogP contribution in [0.4, 0.5) is 13.2 Å². The number of halogens is 3. The van der Waals surface area contributed by atoms with Gasteiger partial charge in [-0.25, -0.2) is 13.2 Å². The molecule has 0 amide bonds. The summed E-state index contributed by atoms with van der Waals surface area (Å²) in [5.41, 5.74) is -0.194. The van der Waals surface area contributed by atoms with E-state index in [9.17, 15) is 18.3 Å². The molecule has 1 nitrogen and oxygen atoms in total.